The van der Waals surface area contributed by atoms with Gasteiger partial charge in [-0.05, 0) is 55.2 Å². The molecule has 0 spiro atoms. The van der Waals surface area contributed by atoms with Gasteiger partial charge in [0.05, 0.1) is 23.9 Å². The number of nitrogens with zero attached hydrogens (tertiary/aromatic N) is 4. The zero-order chi connectivity index (χ0) is 23.7. The van der Waals surface area contributed by atoms with E-state index in [9.17, 15) is 4.79 Å². The molecule has 3 atom stereocenters. The third-order valence-electron chi connectivity index (χ3n) is 7.44. The highest BCUT2D eigenvalue weighted by Crippen LogP contribution is 2.38. The molecule has 7 nitrogen and oxygen atoms in total. The first-order valence-electron chi connectivity index (χ1n) is 12.9. The number of carbonyl (C=O) groups is 1. The Morgan fingerprint density at radius 2 is 2.12 bits per heavy atom. The second-order valence-electron chi connectivity index (χ2n) is 10.3. The van der Waals surface area contributed by atoms with Gasteiger partial charge < -0.3 is 9.72 Å². The average molecular weight is 464 g/mol. The summed E-state index contributed by atoms with van der Waals surface area (Å²) >= 11 is 0. The first-order chi connectivity index (χ1) is 16.5. The van der Waals surface area contributed by atoms with E-state index in [1.54, 1.807) is 0 Å². The number of rotatable bonds is 7. The first-order valence-corrected chi connectivity index (χ1v) is 12.9. The number of hydrogen-bond donors (Lipinski definition) is 1. The van der Waals surface area contributed by atoms with Crippen LogP contribution in [0.1, 0.15) is 64.4 Å². The zero-order valence-corrected chi connectivity index (χ0v) is 20.7. The maximum atomic E-state index is 13.2. The van der Waals surface area contributed by atoms with Crippen molar-refractivity contribution in [2.45, 2.75) is 70.9 Å². The molecule has 5 heterocycles. The minimum Gasteiger partial charge on any atom is -0.377 e. The molecule has 2 saturated heterocycles. The van der Waals surface area contributed by atoms with Crippen LogP contribution < -0.4 is 0 Å². The molecule has 2 aliphatic rings. The number of hydrogen-bond acceptors (Lipinski definition) is 6. The molecule has 0 amide bonds. The number of fused-ring (bicyclic) bond motifs is 3. The van der Waals surface area contributed by atoms with Gasteiger partial charge in [0.2, 0.25) is 0 Å². The predicted molar refractivity (Wildman–Crippen MR) is 135 cm³/mol. The third kappa shape index (κ3) is 4.61. The summed E-state index contributed by atoms with van der Waals surface area (Å²) in [5.41, 5.74) is 3.11. The van der Waals surface area contributed by atoms with Crippen molar-refractivity contribution in [1.29, 1.82) is 0 Å². The lowest BCUT2D eigenvalue weighted by Gasteiger charge is -2.47. The Bertz CT molecular complexity index is 1140. The molecule has 2 fully saturated rings. The monoisotopic (exact) mass is 463 g/mol. The fourth-order valence-electron chi connectivity index (χ4n) is 5.74. The van der Waals surface area contributed by atoms with E-state index in [1.807, 2.05) is 25.5 Å². The number of pyridine rings is 2. The second kappa shape index (κ2) is 10.1. The molecule has 7 heteroatoms. The van der Waals surface area contributed by atoms with E-state index in [2.05, 4.69) is 50.9 Å². The Labute approximate surface area is 201 Å². The Hall–Kier alpha value is -2.35. The lowest BCUT2D eigenvalue weighted by atomic mass is 9.82. The predicted octanol–water partition coefficient (Wildman–Crippen LogP) is 4.69. The number of nitrogens with one attached hydrogen (secondary N) is 1. The molecule has 182 valence electrons. The van der Waals surface area contributed by atoms with Crippen molar-refractivity contribution in [2.75, 3.05) is 26.2 Å². The van der Waals surface area contributed by atoms with Gasteiger partial charge in [0.25, 0.3) is 0 Å². The van der Waals surface area contributed by atoms with Gasteiger partial charge in [-0.2, -0.15) is 0 Å². The summed E-state index contributed by atoms with van der Waals surface area (Å²) in [5.74, 6) is 1.19. The minimum absolute atomic E-state index is 0.0839. The largest absolute Gasteiger partial charge is 0.377 e. The summed E-state index contributed by atoms with van der Waals surface area (Å²) in [6.07, 6.45) is 10.6. The fourth-order valence-corrected chi connectivity index (χ4v) is 5.74. The summed E-state index contributed by atoms with van der Waals surface area (Å²) in [7, 11) is 0. The molecule has 5 rings (SSSR count). The summed E-state index contributed by atoms with van der Waals surface area (Å²) < 4.78 is 6.19. The Morgan fingerprint density at radius 3 is 2.94 bits per heavy atom. The molecule has 0 radical (unpaired) electrons. The molecule has 3 unspecified atom stereocenters. The van der Waals surface area contributed by atoms with Crippen LogP contribution in [0.3, 0.4) is 0 Å². The van der Waals surface area contributed by atoms with Gasteiger partial charge in [0.15, 0.2) is 5.78 Å². The van der Waals surface area contributed by atoms with Gasteiger partial charge in [-0.3, -0.25) is 9.78 Å². The normalized spacial score (nSPS) is 24.9. The summed E-state index contributed by atoms with van der Waals surface area (Å²) in [6.45, 7) is 9.97. The number of carbonyl (C=O) groups excluding carboxylic acids is 1. The standard InChI is InChI=1S/C27H37N5O2/c1-4-25(33)24-14-19(9-13-32(24)31-12-5-6-20(16-31)34-17-18(2)3)21-7-10-28-23-15-30-27-22(26(21)23)8-11-29-27/h7-8,10-11,15,18-20,24H,4-6,9,12-14,16-17H2,1-3H3,(H,29,30). The van der Waals surface area contributed by atoms with Gasteiger partial charge in [0.1, 0.15) is 5.65 Å². The van der Waals surface area contributed by atoms with Crippen LogP contribution in [0.5, 0.6) is 0 Å². The van der Waals surface area contributed by atoms with E-state index in [0.29, 0.717) is 24.0 Å². The van der Waals surface area contributed by atoms with Crippen molar-refractivity contribution in [3.05, 3.63) is 36.3 Å². The highest BCUT2D eigenvalue weighted by atomic mass is 16.5. The number of Topliss-reactive ketones (excluding diaryl/α,β-unsaturated/α-hetero) is 1. The first kappa shape index (κ1) is 23.4. The van der Waals surface area contributed by atoms with Crippen LogP contribution >= 0.6 is 0 Å². The molecule has 3 aromatic heterocycles. The highest BCUT2D eigenvalue weighted by Gasteiger charge is 2.38. The van der Waals surface area contributed by atoms with E-state index in [0.717, 1.165) is 68.5 Å². The van der Waals surface area contributed by atoms with Crippen LogP contribution in [0.15, 0.2) is 30.7 Å². The van der Waals surface area contributed by atoms with Crippen molar-refractivity contribution in [2.24, 2.45) is 5.92 Å². The molecule has 34 heavy (non-hydrogen) atoms. The van der Waals surface area contributed by atoms with Gasteiger partial charge in [-0.1, -0.05) is 20.8 Å². The summed E-state index contributed by atoms with van der Waals surface area (Å²) in [4.78, 5) is 25.5. The number of ketones is 1. The molecule has 0 bridgehead atoms. The molecule has 0 aliphatic carbocycles. The van der Waals surface area contributed by atoms with Gasteiger partial charge in [0, 0.05) is 55.8 Å². The van der Waals surface area contributed by atoms with Gasteiger partial charge >= 0.3 is 0 Å². The molecule has 3 aromatic rings. The molecular formula is C27H37N5O2. The Morgan fingerprint density at radius 1 is 1.24 bits per heavy atom. The van der Waals surface area contributed by atoms with E-state index in [1.165, 1.54) is 10.9 Å². The van der Waals surface area contributed by atoms with Crippen LogP contribution in [-0.4, -0.2) is 69.1 Å². The summed E-state index contributed by atoms with van der Waals surface area (Å²) in [5, 5.41) is 7.09. The number of piperidine rings is 2. The topological polar surface area (TPSA) is 74.4 Å². The van der Waals surface area contributed by atoms with Crippen LogP contribution in [0.25, 0.3) is 21.9 Å². The average Bonchev–Trinajstić information content (AvgIpc) is 3.36. The maximum Gasteiger partial charge on any atom is 0.151 e. The number of aromatic amines is 1. The lowest BCUT2D eigenvalue weighted by Crippen LogP contribution is -2.58. The van der Waals surface area contributed by atoms with E-state index in [-0.39, 0.29) is 12.1 Å². The van der Waals surface area contributed by atoms with Gasteiger partial charge in [-0.25, -0.2) is 15.0 Å². The second-order valence-corrected chi connectivity index (χ2v) is 10.3. The molecule has 0 aromatic carbocycles. The van der Waals surface area contributed by atoms with Crippen molar-refractivity contribution >= 4 is 27.7 Å². The quantitative estimate of drug-likeness (QED) is 0.548. The van der Waals surface area contributed by atoms with Crippen LogP contribution in [0.2, 0.25) is 0 Å². The van der Waals surface area contributed by atoms with Crippen LogP contribution in [-0.2, 0) is 9.53 Å². The number of hydrazine groups is 1. The van der Waals surface area contributed by atoms with Crippen molar-refractivity contribution in [3.8, 4) is 0 Å². The van der Waals surface area contributed by atoms with E-state index in [4.69, 9.17) is 4.74 Å². The Kier molecular flexibility index (Phi) is 6.95. The van der Waals surface area contributed by atoms with Gasteiger partial charge in [-0.15, -0.1) is 0 Å². The smallest absolute Gasteiger partial charge is 0.151 e. The highest BCUT2D eigenvalue weighted by molar-refractivity contribution is 6.05. The molecule has 1 N–H and O–H groups in total. The molecule has 2 aliphatic heterocycles. The van der Waals surface area contributed by atoms with Crippen molar-refractivity contribution in [3.63, 3.8) is 0 Å². The lowest BCUT2D eigenvalue weighted by molar-refractivity contribution is -0.151. The van der Waals surface area contributed by atoms with E-state index >= 15 is 0 Å². The summed E-state index contributed by atoms with van der Waals surface area (Å²) in [6, 6.07) is 4.16. The SMILES string of the molecule is CCC(=O)C1CC(c2ccnc3cnc4[nH]ccc4c23)CCN1N1CCCC(OCC(C)C)C1. The van der Waals surface area contributed by atoms with Crippen LogP contribution in [0.4, 0.5) is 0 Å². The number of H-pyrrole nitrogens is 1. The molecule has 0 saturated carbocycles. The number of ether oxygens (including phenoxy) is 1. The number of aromatic nitrogens is 3. The van der Waals surface area contributed by atoms with E-state index < -0.39 is 0 Å². The van der Waals surface area contributed by atoms with Crippen molar-refractivity contribution < 1.29 is 9.53 Å². The maximum absolute atomic E-state index is 13.2. The third-order valence-corrected chi connectivity index (χ3v) is 7.44. The Balaban J connectivity index is 1.40. The van der Waals surface area contributed by atoms with Crippen molar-refractivity contribution in [1.82, 2.24) is 25.0 Å². The fraction of sp³-hybridized carbons (Fsp3) is 0.593. The zero-order valence-electron chi connectivity index (χ0n) is 20.7. The minimum atomic E-state index is -0.0839. The van der Waals surface area contributed by atoms with Crippen LogP contribution in [0, 0.1) is 5.92 Å². The molecular weight excluding hydrogens is 426 g/mol.